The third kappa shape index (κ3) is 9.13. The van der Waals surface area contributed by atoms with E-state index in [9.17, 15) is 14.4 Å². The van der Waals surface area contributed by atoms with Crippen LogP contribution in [0.2, 0.25) is 5.02 Å². The van der Waals surface area contributed by atoms with Gasteiger partial charge in [-0.25, -0.2) is 5.43 Å². The zero-order chi connectivity index (χ0) is 29.1. The van der Waals surface area contributed by atoms with Crippen molar-refractivity contribution in [3.05, 3.63) is 87.9 Å². The first-order valence-corrected chi connectivity index (χ1v) is 13.2. The van der Waals surface area contributed by atoms with Gasteiger partial charge in [0.15, 0.2) is 18.1 Å². The van der Waals surface area contributed by atoms with E-state index in [1.807, 2.05) is 44.2 Å². The molecule has 3 N–H and O–H groups in total. The van der Waals surface area contributed by atoms with Gasteiger partial charge in [-0.05, 0) is 72.4 Å². The lowest BCUT2D eigenvalue weighted by molar-refractivity contribution is -0.139. The molecule has 0 heterocycles. The second-order valence-electron chi connectivity index (χ2n) is 9.22. The normalized spacial score (nSPS) is 10.8. The molecule has 0 saturated heterocycles. The first kappa shape index (κ1) is 30.2. The fourth-order valence-electron chi connectivity index (χ4n) is 3.50. The molecule has 9 nitrogen and oxygen atoms in total. The minimum Gasteiger partial charge on any atom is -0.490 e. The predicted molar refractivity (Wildman–Crippen MR) is 156 cm³/mol. The van der Waals surface area contributed by atoms with Crippen molar-refractivity contribution in [2.75, 3.05) is 18.5 Å². The third-order valence-electron chi connectivity index (χ3n) is 5.77. The molecule has 3 aromatic carbocycles. The van der Waals surface area contributed by atoms with Crippen molar-refractivity contribution >= 4 is 41.2 Å². The molecule has 10 heteroatoms. The molecule has 0 aromatic heterocycles. The molecule has 0 saturated carbocycles. The number of aryl methyl sites for hydroxylation is 1. The van der Waals surface area contributed by atoms with Gasteiger partial charge in [0.25, 0.3) is 5.91 Å². The standard InChI is InChI=1S/C30H33ClN4O5/c1-5-39-27-14-22(9-13-26(27)40-18-28(36)34-24-12-6-20(4)25(31)15-24)17-33-35-30(38)29(37)32-16-21-7-10-23(11-8-21)19(2)3/h6-15,17,19H,5,16,18H2,1-4H3,(H,32,37)(H,34,36)(H,35,38)/b33-17-. The SMILES string of the molecule is CCOc1cc(/C=N\NC(=O)C(=O)NCc2ccc(C(C)C)cc2)ccc1OCC(=O)Nc1ccc(C)c(Cl)c1. The highest BCUT2D eigenvalue weighted by Gasteiger charge is 2.13. The molecule has 210 valence electrons. The molecular formula is C30H33ClN4O5. The number of ether oxygens (including phenoxy) is 2. The number of anilines is 1. The van der Waals surface area contributed by atoms with E-state index in [-0.39, 0.29) is 19.1 Å². The number of hydrazone groups is 1. The van der Waals surface area contributed by atoms with Crippen LogP contribution in [0.3, 0.4) is 0 Å². The second-order valence-corrected chi connectivity index (χ2v) is 9.63. The largest absolute Gasteiger partial charge is 0.490 e. The number of carbonyl (C=O) groups is 3. The van der Waals surface area contributed by atoms with Crippen LogP contribution in [0.5, 0.6) is 11.5 Å². The molecule has 3 rings (SSSR count). The summed E-state index contributed by atoms with van der Waals surface area (Å²) in [6.07, 6.45) is 1.37. The second kappa shape index (κ2) is 14.7. The first-order chi connectivity index (χ1) is 19.2. The van der Waals surface area contributed by atoms with Gasteiger partial charge in [0.1, 0.15) is 0 Å². The van der Waals surface area contributed by atoms with Crippen molar-refractivity contribution in [3.63, 3.8) is 0 Å². The first-order valence-electron chi connectivity index (χ1n) is 12.8. The Kier molecular flexibility index (Phi) is 11.1. The van der Waals surface area contributed by atoms with E-state index in [1.165, 1.54) is 11.8 Å². The molecule has 0 aliphatic carbocycles. The van der Waals surface area contributed by atoms with E-state index in [1.54, 1.807) is 30.3 Å². The average Bonchev–Trinajstić information content (AvgIpc) is 2.93. The van der Waals surface area contributed by atoms with E-state index in [0.717, 1.165) is 11.1 Å². The third-order valence-corrected chi connectivity index (χ3v) is 6.17. The van der Waals surface area contributed by atoms with Crippen LogP contribution in [0.1, 0.15) is 48.9 Å². The fourth-order valence-corrected chi connectivity index (χ4v) is 3.68. The van der Waals surface area contributed by atoms with Gasteiger partial charge in [-0.3, -0.25) is 14.4 Å². The Morgan fingerprint density at radius 1 is 0.950 bits per heavy atom. The fraction of sp³-hybridized carbons (Fsp3) is 0.267. The van der Waals surface area contributed by atoms with Gasteiger partial charge in [-0.2, -0.15) is 5.10 Å². The van der Waals surface area contributed by atoms with E-state index in [0.29, 0.717) is 40.3 Å². The number of benzene rings is 3. The van der Waals surface area contributed by atoms with Gasteiger partial charge >= 0.3 is 11.8 Å². The monoisotopic (exact) mass is 564 g/mol. The Morgan fingerprint density at radius 3 is 2.38 bits per heavy atom. The lowest BCUT2D eigenvalue weighted by Crippen LogP contribution is -2.37. The molecule has 40 heavy (non-hydrogen) atoms. The lowest BCUT2D eigenvalue weighted by Gasteiger charge is -2.13. The van der Waals surface area contributed by atoms with Gasteiger partial charge in [0.2, 0.25) is 0 Å². The van der Waals surface area contributed by atoms with Gasteiger partial charge in [-0.1, -0.05) is 55.8 Å². The summed E-state index contributed by atoms with van der Waals surface area (Å²) in [7, 11) is 0. The van der Waals surface area contributed by atoms with Crippen LogP contribution in [-0.4, -0.2) is 37.1 Å². The number of rotatable bonds is 11. The minimum atomic E-state index is -0.888. The molecule has 0 radical (unpaired) electrons. The van der Waals surface area contributed by atoms with Crippen molar-refractivity contribution in [2.45, 2.75) is 40.2 Å². The van der Waals surface area contributed by atoms with E-state index in [4.69, 9.17) is 21.1 Å². The number of carbonyl (C=O) groups excluding carboxylic acids is 3. The van der Waals surface area contributed by atoms with E-state index in [2.05, 4.69) is 35.0 Å². The van der Waals surface area contributed by atoms with Crippen LogP contribution in [0.4, 0.5) is 5.69 Å². The Balaban J connectivity index is 1.51. The van der Waals surface area contributed by atoms with Gasteiger partial charge in [0.05, 0.1) is 12.8 Å². The number of amides is 3. The molecule has 0 aliphatic rings. The Labute approximate surface area is 238 Å². The number of nitrogens with one attached hydrogen (secondary N) is 3. The summed E-state index contributed by atoms with van der Waals surface area (Å²) in [6.45, 7) is 8.25. The molecule has 0 fully saturated rings. The molecule has 0 bridgehead atoms. The van der Waals surface area contributed by atoms with Gasteiger partial charge < -0.3 is 20.1 Å². The van der Waals surface area contributed by atoms with Crippen molar-refractivity contribution in [1.29, 1.82) is 0 Å². The summed E-state index contributed by atoms with van der Waals surface area (Å²) >= 11 is 6.11. The number of hydrogen-bond acceptors (Lipinski definition) is 6. The maximum Gasteiger partial charge on any atom is 0.329 e. The summed E-state index contributed by atoms with van der Waals surface area (Å²) in [6, 6.07) is 18.0. The predicted octanol–water partition coefficient (Wildman–Crippen LogP) is 4.95. The summed E-state index contributed by atoms with van der Waals surface area (Å²) in [4.78, 5) is 36.6. The summed E-state index contributed by atoms with van der Waals surface area (Å²) in [5.74, 6) is -0.874. The van der Waals surface area contributed by atoms with Crippen molar-refractivity contribution in [3.8, 4) is 11.5 Å². The molecule has 0 aliphatic heterocycles. The zero-order valence-electron chi connectivity index (χ0n) is 22.9. The zero-order valence-corrected chi connectivity index (χ0v) is 23.7. The molecule has 3 amide bonds. The van der Waals surface area contributed by atoms with Gasteiger partial charge in [-0.15, -0.1) is 0 Å². The van der Waals surface area contributed by atoms with E-state index >= 15 is 0 Å². The number of nitrogens with zero attached hydrogens (tertiary/aromatic N) is 1. The van der Waals surface area contributed by atoms with Crippen molar-refractivity contribution < 1.29 is 23.9 Å². The lowest BCUT2D eigenvalue weighted by atomic mass is 10.0. The van der Waals surface area contributed by atoms with Crippen LogP contribution >= 0.6 is 11.6 Å². The van der Waals surface area contributed by atoms with Crippen molar-refractivity contribution in [1.82, 2.24) is 10.7 Å². The summed E-state index contributed by atoms with van der Waals surface area (Å²) < 4.78 is 11.3. The van der Waals surface area contributed by atoms with Crippen LogP contribution in [-0.2, 0) is 20.9 Å². The van der Waals surface area contributed by atoms with Crippen molar-refractivity contribution in [2.24, 2.45) is 5.10 Å². The molecule has 0 spiro atoms. The van der Waals surface area contributed by atoms with Crippen LogP contribution in [0, 0.1) is 6.92 Å². The van der Waals surface area contributed by atoms with Gasteiger partial charge in [0, 0.05) is 17.3 Å². The number of hydrogen-bond donors (Lipinski definition) is 3. The molecule has 0 unspecified atom stereocenters. The quantitative estimate of drug-likeness (QED) is 0.173. The van der Waals surface area contributed by atoms with Crippen LogP contribution in [0.25, 0.3) is 0 Å². The molecule has 3 aromatic rings. The average molecular weight is 565 g/mol. The minimum absolute atomic E-state index is 0.226. The van der Waals surface area contributed by atoms with Crippen LogP contribution in [0.15, 0.2) is 65.8 Å². The highest BCUT2D eigenvalue weighted by Crippen LogP contribution is 2.28. The van der Waals surface area contributed by atoms with E-state index < -0.39 is 11.8 Å². The maximum atomic E-state index is 12.3. The summed E-state index contributed by atoms with van der Waals surface area (Å²) in [5, 5.41) is 9.72. The Hall–Kier alpha value is -4.37. The molecular weight excluding hydrogens is 532 g/mol. The smallest absolute Gasteiger partial charge is 0.329 e. The van der Waals surface area contributed by atoms with Crippen LogP contribution < -0.4 is 25.5 Å². The maximum absolute atomic E-state index is 12.3. The molecule has 0 atom stereocenters. The summed E-state index contributed by atoms with van der Waals surface area (Å²) in [5.41, 5.74) is 6.36. The number of halogens is 1. The Morgan fingerprint density at radius 2 is 1.70 bits per heavy atom. The highest BCUT2D eigenvalue weighted by atomic mass is 35.5. The topological polar surface area (TPSA) is 118 Å². The highest BCUT2D eigenvalue weighted by molar-refractivity contribution is 6.35. The Bertz CT molecular complexity index is 1370.